The summed E-state index contributed by atoms with van der Waals surface area (Å²) in [4.78, 5) is 8.71. The van der Waals surface area contributed by atoms with Gasteiger partial charge in [-0.15, -0.1) is 0 Å². The molecule has 1 aromatic heterocycles. The number of aryl methyl sites for hydroxylation is 1. The minimum absolute atomic E-state index is 0.354. The van der Waals surface area contributed by atoms with Crippen molar-refractivity contribution in [3.05, 3.63) is 47.6 Å². The van der Waals surface area contributed by atoms with Crippen molar-refractivity contribution in [3.8, 4) is 0 Å². The van der Waals surface area contributed by atoms with E-state index >= 15 is 0 Å². The first-order valence-corrected chi connectivity index (χ1v) is 7.58. The average Bonchev–Trinajstić information content (AvgIpc) is 3.09. The molecule has 0 saturated carbocycles. The normalized spacial score (nSPS) is 20.2. The summed E-state index contributed by atoms with van der Waals surface area (Å²) in [5.41, 5.74) is 1.30. The largest absolute Gasteiger partial charge is 0.357 e. The molecule has 1 unspecified atom stereocenters. The van der Waals surface area contributed by atoms with Crippen LogP contribution < -0.4 is 5.32 Å². The zero-order chi connectivity index (χ0) is 13.8. The number of benzene rings is 1. The molecule has 0 spiro atoms. The number of aliphatic imine (C=N–C) groups is 1. The molecule has 0 amide bonds. The fourth-order valence-corrected chi connectivity index (χ4v) is 3.06. The maximum absolute atomic E-state index is 4.93. The third-order valence-electron chi connectivity index (χ3n) is 3.05. The Morgan fingerprint density at radius 2 is 2.25 bits per heavy atom. The van der Waals surface area contributed by atoms with E-state index in [0.717, 1.165) is 16.7 Å². The van der Waals surface area contributed by atoms with Crippen molar-refractivity contribution in [2.45, 2.75) is 19.4 Å². The van der Waals surface area contributed by atoms with Gasteiger partial charge in [-0.2, -0.15) is 4.98 Å². The summed E-state index contributed by atoms with van der Waals surface area (Å²) in [5.74, 6) is 2.34. The van der Waals surface area contributed by atoms with Crippen LogP contribution in [-0.4, -0.2) is 27.6 Å². The fraction of sp³-hybridized carbons (Fsp3) is 0.357. The van der Waals surface area contributed by atoms with Crippen LogP contribution in [0.3, 0.4) is 0 Å². The SMILES string of the molecule is Cc1nc(CCN=C2NC(c3ccccc3)CS2)no1. The molecule has 1 fully saturated rings. The highest BCUT2D eigenvalue weighted by Crippen LogP contribution is 2.25. The summed E-state index contributed by atoms with van der Waals surface area (Å²) in [6.07, 6.45) is 0.707. The molecule has 1 aliphatic rings. The van der Waals surface area contributed by atoms with Crippen LogP contribution in [0, 0.1) is 6.92 Å². The van der Waals surface area contributed by atoms with Crippen LogP contribution in [-0.2, 0) is 6.42 Å². The Morgan fingerprint density at radius 1 is 1.40 bits per heavy atom. The minimum Gasteiger partial charge on any atom is -0.357 e. The molecule has 104 valence electrons. The molecule has 5 nitrogen and oxygen atoms in total. The molecule has 1 N–H and O–H groups in total. The smallest absolute Gasteiger partial charge is 0.223 e. The molecule has 6 heteroatoms. The van der Waals surface area contributed by atoms with Gasteiger partial charge in [0.05, 0.1) is 6.04 Å². The highest BCUT2D eigenvalue weighted by Gasteiger charge is 2.21. The van der Waals surface area contributed by atoms with Gasteiger partial charge in [0.1, 0.15) is 0 Å². The van der Waals surface area contributed by atoms with E-state index in [-0.39, 0.29) is 0 Å². The highest BCUT2D eigenvalue weighted by atomic mass is 32.2. The molecule has 0 radical (unpaired) electrons. The first-order valence-electron chi connectivity index (χ1n) is 6.59. The van der Waals surface area contributed by atoms with Gasteiger partial charge in [0.2, 0.25) is 5.89 Å². The summed E-state index contributed by atoms with van der Waals surface area (Å²) in [5, 5.41) is 8.31. The Hall–Kier alpha value is -1.82. The van der Waals surface area contributed by atoms with Crippen LogP contribution in [0.15, 0.2) is 39.8 Å². The Kier molecular flexibility index (Phi) is 4.01. The van der Waals surface area contributed by atoms with Crippen LogP contribution in [0.25, 0.3) is 0 Å². The molecule has 2 aromatic rings. The molecular weight excluding hydrogens is 272 g/mol. The number of nitrogens with zero attached hydrogens (tertiary/aromatic N) is 3. The van der Waals surface area contributed by atoms with Crippen molar-refractivity contribution >= 4 is 16.9 Å². The fourth-order valence-electron chi connectivity index (χ4n) is 2.05. The quantitative estimate of drug-likeness (QED) is 0.935. The van der Waals surface area contributed by atoms with E-state index in [2.05, 4.69) is 44.7 Å². The summed E-state index contributed by atoms with van der Waals surface area (Å²) in [7, 11) is 0. The first kappa shape index (κ1) is 13.2. The number of hydrogen-bond donors (Lipinski definition) is 1. The van der Waals surface area contributed by atoms with E-state index in [1.165, 1.54) is 5.56 Å². The number of aromatic nitrogens is 2. The third kappa shape index (κ3) is 3.19. The van der Waals surface area contributed by atoms with Gasteiger partial charge in [-0.25, -0.2) is 0 Å². The number of nitrogens with one attached hydrogen (secondary N) is 1. The molecular formula is C14H16N4OS. The monoisotopic (exact) mass is 288 g/mol. The van der Waals surface area contributed by atoms with Crippen molar-refractivity contribution in [2.24, 2.45) is 4.99 Å². The van der Waals surface area contributed by atoms with Crippen molar-refractivity contribution in [3.63, 3.8) is 0 Å². The molecule has 1 atom stereocenters. The van der Waals surface area contributed by atoms with Crippen molar-refractivity contribution < 1.29 is 4.52 Å². The van der Waals surface area contributed by atoms with Crippen LogP contribution >= 0.6 is 11.8 Å². The second-order valence-corrected chi connectivity index (χ2v) is 5.59. The lowest BCUT2D eigenvalue weighted by Gasteiger charge is -2.09. The van der Waals surface area contributed by atoms with E-state index in [9.17, 15) is 0 Å². The van der Waals surface area contributed by atoms with Crippen LogP contribution in [0.5, 0.6) is 0 Å². The van der Waals surface area contributed by atoms with E-state index in [0.29, 0.717) is 24.9 Å². The minimum atomic E-state index is 0.354. The third-order valence-corrected chi connectivity index (χ3v) is 4.07. The lowest BCUT2D eigenvalue weighted by Crippen LogP contribution is -2.19. The summed E-state index contributed by atoms with van der Waals surface area (Å²) in [6.45, 7) is 2.47. The Labute approximate surface area is 121 Å². The zero-order valence-corrected chi connectivity index (χ0v) is 12.1. The Morgan fingerprint density at radius 3 is 3.00 bits per heavy atom. The van der Waals surface area contributed by atoms with Gasteiger partial charge in [0.15, 0.2) is 11.0 Å². The summed E-state index contributed by atoms with van der Waals surface area (Å²) in [6, 6.07) is 10.8. The molecule has 3 rings (SSSR count). The van der Waals surface area contributed by atoms with Crippen LogP contribution in [0.4, 0.5) is 0 Å². The molecule has 20 heavy (non-hydrogen) atoms. The van der Waals surface area contributed by atoms with Crippen molar-refractivity contribution in [1.82, 2.24) is 15.5 Å². The molecule has 0 aliphatic carbocycles. The van der Waals surface area contributed by atoms with Crippen LogP contribution in [0.1, 0.15) is 23.3 Å². The Bertz CT molecular complexity index is 596. The van der Waals surface area contributed by atoms with E-state index < -0.39 is 0 Å². The molecule has 1 aromatic carbocycles. The number of amidine groups is 1. The predicted octanol–water partition coefficient (Wildman–Crippen LogP) is 2.35. The zero-order valence-electron chi connectivity index (χ0n) is 11.2. The topological polar surface area (TPSA) is 63.3 Å². The first-order chi connectivity index (χ1) is 9.81. The molecule has 2 heterocycles. The lowest BCUT2D eigenvalue weighted by atomic mass is 10.1. The Balaban J connectivity index is 1.53. The summed E-state index contributed by atoms with van der Waals surface area (Å²) >= 11 is 1.76. The van der Waals surface area contributed by atoms with E-state index in [1.807, 2.05) is 6.07 Å². The van der Waals surface area contributed by atoms with Gasteiger partial charge in [0.25, 0.3) is 0 Å². The van der Waals surface area contributed by atoms with Gasteiger partial charge < -0.3 is 9.84 Å². The number of thioether (sulfide) groups is 1. The average molecular weight is 288 g/mol. The lowest BCUT2D eigenvalue weighted by molar-refractivity contribution is 0.387. The van der Waals surface area contributed by atoms with Crippen LogP contribution in [0.2, 0.25) is 0 Å². The maximum atomic E-state index is 4.93. The van der Waals surface area contributed by atoms with E-state index in [4.69, 9.17) is 4.52 Å². The predicted molar refractivity (Wildman–Crippen MR) is 79.8 cm³/mol. The summed E-state index contributed by atoms with van der Waals surface area (Å²) < 4.78 is 4.93. The highest BCUT2D eigenvalue weighted by molar-refractivity contribution is 8.14. The molecule has 1 aliphatic heterocycles. The van der Waals surface area contributed by atoms with Crippen molar-refractivity contribution in [1.29, 1.82) is 0 Å². The van der Waals surface area contributed by atoms with Gasteiger partial charge >= 0.3 is 0 Å². The number of hydrogen-bond acceptors (Lipinski definition) is 5. The van der Waals surface area contributed by atoms with Crippen molar-refractivity contribution in [2.75, 3.05) is 12.3 Å². The standard InChI is InChI=1S/C14H16N4OS/c1-10-16-13(18-19-10)7-8-15-14-17-12(9-20-14)11-5-3-2-4-6-11/h2-6,12H,7-9H2,1H3,(H,15,17). The van der Waals surface area contributed by atoms with Gasteiger partial charge in [-0.1, -0.05) is 47.3 Å². The van der Waals surface area contributed by atoms with Gasteiger partial charge in [-0.05, 0) is 5.56 Å². The van der Waals surface area contributed by atoms with E-state index in [1.54, 1.807) is 18.7 Å². The van der Waals surface area contributed by atoms with Gasteiger partial charge in [0, 0.05) is 25.6 Å². The molecule has 0 bridgehead atoms. The number of rotatable bonds is 4. The second-order valence-electron chi connectivity index (χ2n) is 4.59. The van der Waals surface area contributed by atoms with Gasteiger partial charge in [-0.3, -0.25) is 4.99 Å². The molecule has 1 saturated heterocycles. The second kappa shape index (κ2) is 6.09. The maximum Gasteiger partial charge on any atom is 0.223 e.